The second-order valence-corrected chi connectivity index (χ2v) is 21.0. The quantitative estimate of drug-likeness (QED) is 0.0542. The molecule has 11 aromatic rings. The Labute approximate surface area is 382 Å². The fourth-order valence-electron chi connectivity index (χ4n) is 8.42. The van der Waals surface area contributed by atoms with Crippen LogP contribution >= 0.6 is 0 Å². The van der Waals surface area contributed by atoms with E-state index in [1.165, 1.54) is 84.3 Å². The summed E-state index contributed by atoms with van der Waals surface area (Å²) in [5.74, 6) is 0.573. The summed E-state index contributed by atoms with van der Waals surface area (Å²) >= 11 is 0. The zero-order chi connectivity index (χ0) is 48.0. The van der Waals surface area contributed by atoms with Crippen LogP contribution in [-0.2, 0) is 40.5 Å². The third-order valence-corrected chi connectivity index (χ3v) is 15.1. The van der Waals surface area contributed by atoms with Crippen molar-refractivity contribution in [1.82, 2.24) is 28.1 Å². The molecule has 0 saturated carbocycles. The molecule has 7 aromatic carbocycles. The van der Waals surface area contributed by atoms with E-state index in [0.29, 0.717) is 33.2 Å². The van der Waals surface area contributed by atoms with Crippen molar-refractivity contribution in [2.75, 3.05) is 14.2 Å². The molecule has 0 saturated heterocycles. The average Bonchev–Trinajstić information content (AvgIpc) is 4.15. The van der Waals surface area contributed by atoms with Crippen molar-refractivity contribution < 1.29 is 61.4 Å². The number of hydrogen-bond acceptors (Lipinski definition) is 12. The van der Waals surface area contributed by atoms with Gasteiger partial charge >= 0.3 is 0 Å². The van der Waals surface area contributed by atoms with Gasteiger partial charge in [-0.05, 0) is 65.0 Å². The SMILES string of the molecule is COc1cc(-n2n3c4ccc5cc(S(=O)(=O)O)ccc5c4n23)c(OC)cc1N=Nc1ccc(C=Cc2ccc(-n3n4c5cc(S(=O)(=O)O)c6ccccc6c5n34)cc2S(=O)(=O)O)c(S(=O)(=O)O)c1. The lowest BCUT2D eigenvalue weighted by molar-refractivity contribution is 0.402. The summed E-state index contributed by atoms with van der Waals surface area (Å²) in [7, 11) is -16.0. The van der Waals surface area contributed by atoms with Gasteiger partial charge in [-0.3, -0.25) is 18.2 Å². The van der Waals surface area contributed by atoms with Gasteiger partial charge < -0.3 is 9.47 Å². The van der Waals surface area contributed by atoms with Crippen LogP contribution in [0.15, 0.2) is 139 Å². The minimum absolute atomic E-state index is 0.0147. The van der Waals surface area contributed by atoms with E-state index in [-0.39, 0.29) is 49.1 Å². The van der Waals surface area contributed by atoms with Crippen LogP contribution in [0.3, 0.4) is 0 Å². The predicted octanol–water partition coefficient (Wildman–Crippen LogP) is 7.05. The highest BCUT2D eigenvalue weighted by Crippen LogP contribution is 2.42. The van der Waals surface area contributed by atoms with Gasteiger partial charge in [-0.1, -0.05) is 60.7 Å². The topological polar surface area (TPSA) is 288 Å². The molecule has 4 heterocycles. The van der Waals surface area contributed by atoms with E-state index in [1.54, 1.807) is 58.0 Å². The van der Waals surface area contributed by atoms with E-state index in [2.05, 4.69) is 10.2 Å². The van der Waals surface area contributed by atoms with Crippen LogP contribution in [0.25, 0.3) is 67.1 Å². The summed E-state index contributed by atoms with van der Waals surface area (Å²) in [5.41, 5.74) is 3.38. The molecule has 0 radical (unpaired) electrons. The zero-order valence-corrected chi connectivity index (χ0v) is 37.9. The Kier molecular flexibility index (Phi) is 9.16. The first kappa shape index (κ1) is 43.0. The van der Waals surface area contributed by atoms with E-state index in [0.717, 1.165) is 28.6 Å². The summed E-state index contributed by atoms with van der Waals surface area (Å²) in [6.07, 6.45) is 2.45. The first-order chi connectivity index (χ1) is 32.2. The second-order valence-electron chi connectivity index (χ2n) is 15.4. The van der Waals surface area contributed by atoms with Gasteiger partial charge in [-0.2, -0.15) is 43.6 Å². The zero-order valence-electron chi connectivity index (χ0n) is 34.6. The van der Waals surface area contributed by atoms with Crippen molar-refractivity contribution in [3.63, 3.8) is 0 Å². The van der Waals surface area contributed by atoms with Crippen LogP contribution in [0.2, 0.25) is 0 Å². The Balaban J connectivity index is 0.898. The first-order valence-electron chi connectivity index (χ1n) is 19.6. The summed E-state index contributed by atoms with van der Waals surface area (Å²) in [6, 6.07) is 26.6. The van der Waals surface area contributed by atoms with Crippen LogP contribution in [0.1, 0.15) is 11.1 Å². The van der Waals surface area contributed by atoms with E-state index < -0.39 is 50.3 Å². The number of aromatic nitrogens is 6. The number of benzene rings is 7. The van der Waals surface area contributed by atoms with Crippen molar-refractivity contribution >= 4 is 108 Å². The Bertz CT molecular complexity index is 4480. The maximum atomic E-state index is 12.7. The highest BCUT2D eigenvalue weighted by Gasteiger charge is 2.32. The smallest absolute Gasteiger partial charge is 0.295 e. The molecule has 0 unspecified atom stereocenters. The Hall–Kier alpha value is -7.56. The Morgan fingerprint density at radius 2 is 1.12 bits per heavy atom. The molecule has 0 atom stereocenters. The van der Waals surface area contributed by atoms with Crippen LogP contribution in [0, 0.1) is 0 Å². The van der Waals surface area contributed by atoms with E-state index in [9.17, 15) is 51.9 Å². The lowest BCUT2D eigenvalue weighted by Gasteiger charge is -2.10. The van der Waals surface area contributed by atoms with Gasteiger partial charge in [0, 0.05) is 28.3 Å². The molecule has 0 aliphatic carbocycles. The van der Waals surface area contributed by atoms with Gasteiger partial charge in [0.1, 0.15) is 59.6 Å². The molecular formula is C42H30N8O14S4. The molecule has 0 spiro atoms. The summed E-state index contributed by atoms with van der Waals surface area (Å²) in [5, 5.41) is 10.6. The number of nitrogens with zero attached hydrogens (tertiary/aromatic N) is 8. The number of azo groups is 1. The number of rotatable bonds is 12. The molecular weight excluding hydrogens is 969 g/mol. The van der Waals surface area contributed by atoms with Crippen molar-refractivity contribution in [3.05, 3.63) is 120 Å². The number of hydrogen-bond donors (Lipinski definition) is 4. The van der Waals surface area contributed by atoms with Crippen LogP contribution in [-0.4, -0.2) is 94.2 Å². The normalized spacial score (nSPS) is 13.5. The van der Waals surface area contributed by atoms with E-state index in [1.807, 2.05) is 9.26 Å². The van der Waals surface area contributed by atoms with Crippen molar-refractivity contribution in [2.24, 2.45) is 10.2 Å². The third-order valence-electron chi connectivity index (χ3n) is 11.5. The second kappa shape index (κ2) is 14.5. The Morgan fingerprint density at radius 1 is 0.500 bits per heavy atom. The van der Waals surface area contributed by atoms with Crippen LogP contribution in [0.4, 0.5) is 11.4 Å². The molecule has 0 aliphatic rings. The molecule has 0 amide bonds. The molecule has 4 N–H and O–H groups in total. The van der Waals surface area contributed by atoms with Crippen LogP contribution < -0.4 is 9.47 Å². The van der Waals surface area contributed by atoms with E-state index >= 15 is 0 Å². The van der Waals surface area contributed by atoms with Crippen molar-refractivity contribution in [1.29, 1.82) is 0 Å². The minimum Gasteiger partial charge on any atom is -0.494 e. The van der Waals surface area contributed by atoms with Gasteiger partial charge in [0.2, 0.25) is 0 Å². The largest absolute Gasteiger partial charge is 0.494 e. The van der Waals surface area contributed by atoms with Gasteiger partial charge in [-0.15, -0.1) is 28.4 Å². The first-order valence-corrected chi connectivity index (χ1v) is 25.4. The number of fused-ring (bicyclic) bond motifs is 12. The van der Waals surface area contributed by atoms with E-state index in [4.69, 9.17) is 9.47 Å². The molecule has 11 rings (SSSR count). The molecule has 26 heteroatoms. The fourth-order valence-corrected chi connectivity index (χ4v) is 11.1. The Morgan fingerprint density at radius 3 is 1.78 bits per heavy atom. The maximum Gasteiger partial charge on any atom is 0.295 e. The highest BCUT2D eigenvalue weighted by atomic mass is 32.2. The van der Waals surface area contributed by atoms with Crippen molar-refractivity contribution in [3.8, 4) is 22.9 Å². The standard InChI is InChI=1S/C42H30N8O14S4/c1-63-36-21-34(47-46-33-16-11-25-17-28(65(51,52)53)14-15-29(25)41(33)50(46)47)37(64-2)20-32(36)44-43-26-12-9-23(38(18-26)66(54,55)56)7-8-24-10-13-27(19-39(24)67(57,58)59)45-48-35-22-40(68(60,61)62)30-5-3-4-6-31(30)42(35)49(45)48/h3-22H,1-2H3,(H,51,52,53)(H,54,55,56)(H,57,58,59)(H,60,61,62). The monoisotopic (exact) mass is 998 g/mol. The highest BCUT2D eigenvalue weighted by molar-refractivity contribution is 7.86. The predicted molar refractivity (Wildman–Crippen MR) is 245 cm³/mol. The summed E-state index contributed by atoms with van der Waals surface area (Å²) < 4.78 is 157. The van der Waals surface area contributed by atoms with Gasteiger partial charge in [0.15, 0.2) is 0 Å². The van der Waals surface area contributed by atoms with Gasteiger partial charge in [0.05, 0.1) is 30.5 Å². The van der Waals surface area contributed by atoms with Crippen molar-refractivity contribution in [2.45, 2.75) is 19.6 Å². The maximum absolute atomic E-state index is 12.7. The van der Waals surface area contributed by atoms with Crippen LogP contribution in [0.5, 0.6) is 11.5 Å². The lowest BCUT2D eigenvalue weighted by Crippen LogP contribution is -2.03. The third kappa shape index (κ3) is 6.72. The van der Waals surface area contributed by atoms with Gasteiger partial charge in [-0.25, -0.2) is 0 Å². The molecule has 0 aliphatic heterocycles. The summed E-state index contributed by atoms with van der Waals surface area (Å²) in [6.45, 7) is 0. The molecule has 4 aromatic heterocycles. The number of methoxy groups -OCH3 is 2. The number of ether oxygens (including phenoxy) is 2. The fraction of sp³-hybridized carbons (Fsp3) is 0.0476. The molecule has 22 nitrogen and oxygen atoms in total. The minimum atomic E-state index is -4.92. The lowest BCUT2D eigenvalue weighted by atomic mass is 10.1. The summed E-state index contributed by atoms with van der Waals surface area (Å²) in [4.78, 5) is 1.58. The molecule has 0 bridgehead atoms. The molecule has 0 fully saturated rings. The molecule has 68 heavy (non-hydrogen) atoms. The van der Waals surface area contributed by atoms with Gasteiger partial charge in [0.25, 0.3) is 40.5 Å². The average molecular weight is 999 g/mol. The molecule has 346 valence electrons.